The molecule has 0 saturated heterocycles. The minimum Gasteiger partial charge on any atom is -0.326 e. The van der Waals surface area contributed by atoms with Gasteiger partial charge in [0, 0.05) is 29.9 Å². The summed E-state index contributed by atoms with van der Waals surface area (Å²) in [6.45, 7) is 4.56. The number of hydrogen-bond donors (Lipinski definition) is 1. The molecule has 0 bridgehead atoms. The Morgan fingerprint density at radius 3 is 2.59 bits per heavy atom. The largest absolute Gasteiger partial charge is 0.326 e. The second-order valence-electron chi connectivity index (χ2n) is 4.18. The first-order chi connectivity index (χ1) is 8.04. The van der Waals surface area contributed by atoms with Gasteiger partial charge in [0.15, 0.2) is 0 Å². The first kappa shape index (κ1) is 12.1. The van der Waals surface area contributed by atoms with E-state index in [1.807, 2.05) is 36.9 Å². The van der Waals surface area contributed by atoms with Gasteiger partial charge in [-0.2, -0.15) is 5.10 Å². The Bertz CT molecular complexity index is 558. The van der Waals surface area contributed by atoms with Gasteiger partial charge >= 0.3 is 0 Å². The lowest BCUT2D eigenvalue weighted by Gasteiger charge is -2.09. The highest BCUT2D eigenvalue weighted by atomic mass is 35.5. The van der Waals surface area contributed by atoms with Crippen molar-refractivity contribution in [2.45, 2.75) is 20.4 Å². The molecule has 17 heavy (non-hydrogen) atoms. The topological polar surface area (TPSA) is 43.8 Å². The van der Waals surface area contributed by atoms with Crippen LogP contribution in [0.1, 0.15) is 17.0 Å². The molecule has 0 atom stereocenters. The molecule has 0 saturated carbocycles. The molecule has 0 spiro atoms. The van der Waals surface area contributed by atoms with Crippen LogP contribution in [0.3, 0.4) is 0 Å². The van der Waals surface area contributed by atoms with E-state index >= 15 is 0 Å². The third-order valence-corrected chi connectivity index (χ3v) is 3.31. The van der Waals surface area contributed by atoms with Crippen molar-refractivity contribution in [2.24, 2.45) is 12.8 Å². The van der Waals surface area contributed by atoms with Crippen molar-refractivity contribution in [1.82, 2.24) is 9.78 Å². The summed E-state index contributed by atoms with van der Waals surface area (Å²) < 4.78 is 1.88. The Kier molecular flexibility index (Phi) is 3.22. The van der Waals surface area contributed by atoms with Crippen molar-refractivity contribution in [3.8, 4) is 11.1 Å². The smallest absolute Gasteiger partial charge is 0.0674 e. The van der Waals surface area contributed by atoms with E-state index in [4.69, 9.17) is 17.3 Å². The number of aryl methyl sites for hydroxylation is 2. The second kappa shape index (κ2) is 4.51. The molecule has 90 valence electrons. The number of hydrogen-bond acceptors (Lipinski definition) is 2. The van der Waals surface area contributed by atoms with Gasteiger partial charge in [-0.1, -0.05) is 17.7 Å². The molecule has 3 nitrogen and oxygen atoms in total. The molecular weight excluding hydrogens is 234 g/mol. The number of nitrogens with zero attached hydrogens (tertiary/aromatic N) is 2. The summed E-state index contributed by atoms with van der Waals surface area (Å²) in [5, 5.41) is 5.15. The predicted octanol–water partition coefficient (Wildman–Crippen LogP) is 2.82. The SMILES string of the molecule is Cc1nn(C)c(C)c1-c1cc(Cl)ccc1CN. The van der Waals surface area contributed by atoms with Crippen molar-refractivity contribution < 1.29 is 0 Å². The van der Waals surface area contributed by atoms with Gasteiger partial charge in [-0.05, 0) is 37.1 Å². The van der Waals surface area contributed by atoms with Gasteiger partial charge in [0.05, 0.1) is 5.69 Å². The van der Waals surface area contributed by atoms with Crippen LogP contribution in [-0.4, -0.2) is 9.78 Å². The summed E-state index contributed by atoms with van der Waals surface area (Å²) in [4.78, 5) is 0. The molecule has 0 amide bonds. The second-order valence-corrected chi connectivity index (χ2v) is 4.61. The van der Waals surface area contributed by atoms with E-state index in [-0.39, 0.29) is 0 Å². The quantitative estimate of drug-likeness (QED) is 0.890. The van der Waals surface area contributed by atoms with Crippen molar-refractivity contribution >= 4 is 11.6 Å². The maximum Gasteiger partial charge on any atom is 0.0674 e. The standard InChI is InChI=1S/C13H16ClN3/c1-8-13(9(2)17(3)16-8)12-6-11(14)5-4-10(12)7-15/h4-6H,7,15H2,1-3H3. The average Bonchev–Trinajstić information content (AvgIpc) is 2.53. The Labute approximate surface area is 106 Å². The molecular formula is C13H16ClN3. The monoisotopic (exact) mass is 249 g/mol. The zero-order chi connectivity index (χ0) is 12.6. The molecule has 1 heterocycles. The van der Waals surface area contributed by atoms with Crippen LogP contribution in [0.2, 0.25) is 5.02 Å². The molecule has 0 aliphatic heterocycles. The molecule has 0 fully saturated rings. The first-order valence-electron chi connectivity index (χ1n) is 5.53. The highest BCUT2D eigenvalue weighted by molar-refractivity contribution is 6.30. The van der Waals surface area contributed by atoms with Gasteiger partial charge in [-0.15, -0.1) is 0 Å². The van der Waals surface area contributed by atoms with Crippen molar-refractivity contribution in [3.63, 3.8) is 0 Å². The fraction of sp³-hybridized carbons (Fsp3) is 0.308. The van der Waals surface area contributed by atoms with Crippen molar-refractivity contribution in [3.05, 3.63) is 40.2 Å². The zero-order valence-corrected chi connectivity index (χ0v) is 11.0. The van der Waals surface area contributed by atoms with E-state index in [2.05, 4.69) is 12.0 Å². The maximum atomic E-state index is 6.07. The lowest BCUT2D eigenvalue weighted by molar-refractivity contribution is 0.731. The predicted molar refractivity (Wildman–Crippen MR) is 71.0 cm³/mol. The lowest BCUT2D eigenvalue weighted by Crippen LogP contribution is -2.00. The molecule has 0 radical (unpaired) electrons. The van der Waals surface area contributed by atoms with Gasteiger partial charge in [0.1, 0.15) is 0 Å². The summed E-state index contributed by atoms with van der Waals surface area (Å²) in [7, 11) is 1.94. The Morgan fingerprint density at radius 1 is 1.35 bits per heavy atom. The number of nitrogens with two attached hydrogens (primary N) is 1. The molecule has 2 N–H and O–H groups in total. The Morgan fingerprint density at radius 2 is 2.06 bits per heavy atom. The molecule has 1 aromatic carbocycles. The highest BCUT2D eigenvalue weighted by Crippen LogP contribution is 2.31. The van der Waals surface area contributed by atoms with Crippen LogP contribution in [0.4, 0.5) is 0 Å². The molecule has 1 aromatic heterocycles. The Hall–Kier alpha value is -1.32. The summed E-state index contributed by atoms with van der Waals surface area (Å²) in [5.74, 6) is 0. The highest BCUT2D eigenvalue weighted by Gasteiger charge is 2.14. The lowest BCUT2D eigenvalue weighted by atomic mass is 9.98. The fourth-order valence-electron chi connectivity index (χ4n) is 2.12. The van der Waals surface area contributed by atoms with Crippen LogP contribution in [0.15, 0.2) is 18.2 Å². The van der Waals surface area contributed by atoms with Gasteiger partial charge < -0.3 is 5.73 Å². The summed E-state index contributed by atoms with van der Waals surface area (Å²) >= 11 is 6.07. The third kappa shape index (κ3) is 2.08. The third-order valence-electron chi connectivity index (χ3n) is 3.07. The summed E-state index contributed by atoms with van der Waals surface area (Å²) in [6, 6.07) is 5.80. The van der Waals surface area contributed by atoms with E-state index in [1.54, 1.807) is 0 Å². The van der Waals surface area contributed by atoms with Gasteiger partial charge in [0.2, 0.25) is 0 Å². The van der Waals surface area contributed by atoms with Crippen LogP contribution in [0.5, 0.6) is 0 Å². The minimum absolute atomic E-state index is 0.500. The van der Waals surface area contributed by atoms with E-state index in [0.717, 1.165) is 33.1 Å². The van der Waals surface area contributed by atoms with E-state index in [9.17, 15) is 0 Å². The first-order valence-corrected chi connectivity index (χ1v) is 5.91. The maximum absolute atomic E-state index is 6.07. The molecule has 2 aromatic rings. The van der Waals surface area contributed by atoms with Crippen molar-refractivity contribution in [2.75, 3.05) is 0 Å². The number of aromatic nitrogens is 2. The van der Waals surface area contributed by atoms with Crippen LogP contribution < -0.4 is 5.73 Å². The van der Waals surface area contributed by atoms with Gasteiger partial charge in [0.25, 0.3) is 0 Å². The molecule has 0 aliphatic carbocycles. The number of benzene rings is 1. The van der Waals surface area contributed by atoms with Crippen molar-refractivity contribution in [1.29, 1.82) is 0 Å². The van der Waals surface area contributed by atoms with Crippen LogP contribution in [-0.2, 0) is 13.6 Å². The number of halogens is 1. The molecule has 4 heteroatoms. The van der Waals surface area contributed by atoms with E-state index in [0.29, 0.717) is 6.54 Å². The van der Waals surface area contributed by atoms with Gasteiger partial charge in [-0.3, -0.25) is 4.68 Å². The molecule has 0 unspecified atom stereocenters. The van der Waals surface area contributed by atoms with E-state index < -0.39 is 0 Å². The van der Waals surface area contributed by atoms with Gasteiger partial charge in [-0.25, -0.2) is 0 Å². The van der Waals surface area contributed by atoms with Crippen LogP contribution >= 0.6 is 11.6 Å². The average molecular weight is 250 g/mol. The molecule has 0 aliphatic rings. The van der Waals surface area contributed by atoms with Crippen LogP contribution in [0.25, 0.3) is 11.1 Å². The summed E-state index contributed by atoms with van der Waals surface area (Å²) in [5.41, 5.74) is 11.2. The number of rotatable bonds is 2. The Balaban J connectivity index is 2.71. The van der Waals surface area contributed by atoms with E-state index in [1.165, 1.54) is 0 Å². The zero-order valence-electron chi connectivity index (χ0n) is 10.3. The van der Waals surface area contributed by atoms with Crippen LogP contribution in [0, 0.1) is 13.8 Å². The normalized spacial score (nSPS) is 10.9. The minimum atomic E-state index is 0.500. The summed E-state index contributed by atoms with van der Waals surface area (Å²) in [6.07, 6.45) is 0. The fourth-order valence-corrected chi connectivity index (χ4v) is 2.29. The molecule has 2 rings (SSSR count).